The Bertz CT molecular complexity index is 957. The van der Waals surface area contributed by atoms with Crippen LogP contribution in [0.15, 0.2) is 53.1 Å². The molecule has 0 aliphatic carbocycles. The van der Waals surface area contributed by atoms with Crippen molar-refractivity contribution in [2.75, 3.05) is 20.8 Å². The first-order valence-corrected chi connectivity index (χ1v) is 8.42. The predicted octanol–water partition coefficient (Wildman–Crippen LogP) is 3.19. The number of para-hydroxylation sites is 1. The van der Waals surface area contributed by atoms with Gasteiger partial charge in [-0.3, -0.25) is 4.79 Å². The van der Waals surface area contributed by atoms with Crippen LogP contribution >= 0.6 is 0 Å². The Morgan fingerprint density at radius 2 is 1.86 bits per heavy atom. The second-order valence-electron chi connectivity index (χ2n) is 5.75. The van der Waals surface area contributed by atoms with Gasteiger partial charge in [0.25, 0.3) is 5.91 Å². The number of nitrogens with one attached hydrogen (secondary N) is 1. The van der Waals surface area contributed by atoms with Gasteiger partial charge in [0, 0.05) is 11.6 Å². The van der Waals surface area contributed by atoms with Crippen LogP contribution in [-0.4, -0.2) is 31.9 Å². The van der Waals surface area contributed by atoms with Crippen molar-refractivity contribution in [3.63, 3.8) is 0 Å². The van der Waals surface area contributed by atoms with E-state index in [4.69, 9.17) is 18.7 Å². The van der Waals surface area contributed by atoms with Crippen molar-refractivity contribution >= 4 is 5.91 Å². The number of benzene rings is 2. The minimum atomic E-state index is -0.522. The van der Waals surface area contributed by atoms with Crippen LogP contribution in [0.3, 0.4) is 0 Å². The summed E-state index contributed by atoms with van der Waals surface area (Å²) in [6.07, 6.45) is 0. The molecule has 1 aromatic heterocycles. The number of methoxy groups -OCH3 is 2. The van der Waals surface area contributed by atoms with Gasteiger partial charge in [-0.05, 0) is 30.3 Å². The minimum absolute atomic E-state index is 0.0230. The lowest BCUT2D eigenvalue weighted by Gasteiger charge is -2.07. The number of amides is 1. The zero-order valence-corrected chi connectivity index (χ0v) is 15.4. The molecule has 146 valence electrons. The van der Waals surface area contributed by atoms with Crippen molar-refractivity contribution in [3.8, 4) is 28.6 Å². The van der Waals surface area contributed by atoms with E-state index in [-0.39, 0.29) is 18.9 Å². The van der Waals surface area contributed by atoms with E-state index in [1.807, 2.05) is 6.07 Å². The number of carbonyl (C=O) groups excluding carboxylic acids is 1. The summed E-state index contributed by atoms with van der Waals surface area (Å²) in [5, 5.41) is 6.57. The van der Waals surface area contributed by atoms with Gasteiger partial charge in [-0.15, -0.1) is 0 Å². The van der Waals surface area contributed by atoms with Crippen LogP contribution < -0.4 is 19.5 Å². The van der Waals surface area contributed by atoms with Crippen molar-refractivity contribution in [1.29, 1.82) is 0 Å². The normalized spacial score (nSPS) is 10.4. The molecule has 0 atom stereocenters. The van der Waals surface area contributed by atoms with Crippen LogP contribution in [0, 0.1) is 5.82 Å². The zero-order valence-electron chi connectivity index (χ0n) is 15.4. The molecule has 0 saturated heterocycles. The highest BCUT2D eigenvalue weighted by Crippen LogP contribution is 2.32. The lowest BCUT2D eigenvalue weighted by atomic mass is 10.1. The van der Waals surface area contributed by atoms with Gasteiger partial charge in [-0.2, -0.15) is 0 Å². The van der Waals surface area contributed by atoms with E-state index < -0.39 is 11.7 Å². The smallest absolute Gasteiger partial charge is 0.258 e. The Labute approximate surface area is 161 Å². The molecule has 0 saturated carbocycles. The summed E-state index contributed by atoms with van der Waals surface area (Å²) in [5.41, 5.74) is 1.29. The van der Waals surface area contributed by atoms with Gasteiger partial charge < -0.3 is 24.1 Å². The van der Waals surface area contributed by atoms with E-state index in [1.54, 1.807) is 44.6 Å². The molecule has 1 heterocycles. The Morgan fingerprint density at radius 1 is 1.07 bits per heavy atom. The summed E-state index contributed by atoms with van der Waals surface area (Å²) in [6.45, 7) is -0.155. The van der Waals surface area contributed by atoms with E-state index in [0.717, 1.165) is 5.56 Å². The molecule has 7 nitrogen and oxygen atoms in total. The fourth-order valence-corrected chi connectivity index (χ4v) is 2.47. The van der Waals surface area contributed by atoms with E-state index in [9.17, 15) is 9.18 Å². The van der Waals surface area contributed by atoms with E-state index >= 15 is 0 Å². The van der Waals surface area contributed by atoms with Gasteiger partial charge in [0.2, 0.25) is 0 Å². The topological polar surface area (TPSA) is 82.8 Å². The quantitative estimate of drug-likeness (QED) is 0.640. The van der Waals surface area contributed by atoms with E-state index in [2.05, 4.69) is 10.5 Å². The van der Waals surface area contributed by atoms with Crippen LogP contribution in [0.25, 0.3) is 11.3 Å². The molecular formula is C20H19FN2O5. The number of carbonyl (C=O) groups is 1. The molecule has 8 heteroatoms. The molecule has 1 N–H and O–H groups in total. The third-order valence-electron chi connectivity index (χ3n) is 3.89. The van der Waals surface area contributed by atoms with Crippen LogP contribution in [0.2, 0.25) is 0 Å². The summed E-state index contributed by atoms with van der Waals surface area (Å²) in [6, 6.07) is 12.9. The SMILES string of the molecule is COc1ccc(-c2cc(CNC(=O)COc3ccccc3F)no2)cc1OC. The monoisotopic (exact) mass is 386 g/mol. The van der Waals surface area contributed by atoms with Crippen molar-refractivity contribution in [2.45, 2.75) is 6.54 Å². The lowest BCUT2D eigenvalue weighted by molar-refractivity contribution is -0.123. The summed E-state index contributed by atoms with van der Waals surface area (Å²) in [5.74, 6) is 0.789. The fourth-order valence-electron chi connectivity index (χ4n) is 2.47. The Balaban J connectivity index is 1.56. The minimum Gasteiger partial charge on any atom is -0.493 e. The van der Waals surface area contributed by atoms with Gasteiger partial charge in [-0.1, -0.05) is 17.3 Å². The Morgan fingerprint density at radius 3 is 2.61 bits per heavy atom. The molecule has 0 bridgehead atoms. The maximum atomic E-state index is 13.5. The maximum absolute atomic E-state index is 13.5. The first kappa shape index (κ1) is 19.2. The molecular weight excluding hydrogens is 367 g/mol. The predicted molar refractivity (Wildman–Crippen MR) is 98.8 cm³/mol. The number of hydrogen-bond acceptors (Lipinski definition) is 6. The van der Waals surface area contributed by atoms with Crippen molar-refractivity contribution in [1.82, 2.24) is 10.5 Å². The van der Waals surface area contributed by atoms with Gasteiger partial charge >= 0.3 is 0 Å². The molecule has 0 spiro atoms. The number of aromatic nitrogens is 1. The van der Waals surface area contributed by atoms with Crippen LogP contribution in [0.4, 0.5) is 4.39 Å². The largest absolute Gasteiger partial charge is 0.493 e. The van der Waals surface area contributed by atoms with Crippen molar-refractivity contribution in [2.24, 2.45) is 0 Å². The Hall–Kier alpha value is -3.55. The molecule has 0 aliphatic rings. The van der Waals surface area contributed by atoms with Gasteiger partial charge in [0.15, 0.2) is 35.4 Å². The van der Waals surface area contributed by atoms with Crippen LogP contribution in [-0.2, 0) is 11.3 Å². The highest BCUT2D eigenvalue weighted by atomic mass is 19.1. The number of nitrogens with zero attached hydrogens (tertiary/aromatic N) is 1. The number of halogens is 1. The average molecular weight is 386 g/mol. The lowest BCUT2D eigenvalue weighted by Crippen LogP contribution is -2.28. The third kappa shape index (κ3) is 4.59. The van der Waals surface area contributed by atoms with Gasteiger partial charge in [0.05, 0.1) is 20.8 Å². The summed E-state index contributed by atoms with van der Waals surface area (Å²) in [4.78, 5) is 11.9. The first-order chi connectivity index (χ1) is 13.6. The number of hydrogen-bond donors (Lipinski definition) is 1. The molecule has 0 aliphatic heterocycles. The molecule has 3 aromatic rings. The first-order valence-electron chi connectivity index (χ1n) is 8.42. The second kappa shape index (κ2) is 8.90. The molecule has 28 heavy (non-hydrogen) atoms. The molecule has 3 rings (SSSR count). The van der Waals surface area contributed by atoms with Gasteiger partial charge in [-0.25, -0.2) is 4.39 Å². The molecule has 0 fully saturated rings. The van der Waals surface area contributed by atoms with E-state index in [0.29, 0.717) is 23.0 Å². The number of rotatable bonds is 8. The summed E-state index contributed by atoms with van der Waals surface area (Å²) in [7, 11) is 3.11. The second-order valence-corrected chi connectivity index (χ2v) is 5.75. The molecule has 0 radical (unpaired) electrons. The molecule has 2 aromatic carbocycles. The maximum Gasteiger partial charge on any atom is 0.258 e. The summed E-state index contributed by atoms with van der Waals surface area (Å²) < 4.78 is 34.4. The zero-order chi connectivity index (χ0) is 19.9. The highest BCUT2D eigenvalue weighted by molar-refractivity contribution is 5.77. The fraction of sp³-hybridized carbons (Fsp3) is 0.200. The van der Waals surface area contributed by atoms with Gasteiger partial charge in [0.1, 0.15) is 5.69 Å². The summed E-state index contributed by atoms with van der Waals surface area (Å²) >= 11 is 0. The standard InChI is InChI=1S/C20H19FN2O5/c1-25-17-8-7-13(9-19(17)26-2)18-10-14(23-28-18)11-22-20(24)12-27-16-6-4-3-5-15(16)21/h3-10H,11-12H2,1-2H3,(H,22,24). The van der Waals surface area contributed by atoms with Crippen molar-refractivity contribution in [3.05, 3.63) is 60.0 Å². The van der Waals surface area contributed by atoms with Crippen molar-refractivity contribution < 1.29 is 27.9 Å². The molecule has 1 amide bonds. The average Bonchev–Trinajstić information content (AvgIpc) is 3.20. The molecule has 0 unspecified atom stereocenters. The number of ether oxygens (including phenoxy) is 3. The van der Waals surface area contributed by atoms with Crippen LogP contribution in [0.5, 0.6) is 17.2 Å². The Kier molecular flexibility index (Phi) is 6.11. The highest BCUT2D eigenvalue weighted by Gasteiger charge is 2.12. The van der Waals surface area contributed by atoms with Crippen LogP contribution in [0.1, 0.15) is 5.69 Å². The third-order valence-corrected chi connectivity index (χ3v) is 3.89. The van der Waals surface area contributed by atoms with E-state index in [1.165, 1.54) is 12.1 Å².